The first-order valence-electron chi connectivity index (χ1n) is 8.30. The average molecular weight is 378 g/mol. The fourth-order valence-electron chi connectivity index (χ4n) is 2.60. The van der Waals surface area contributed by atoms with Crippen LogP contribution in [0.1, 0.15) is 5.56 Å². The van der Waals surface area contributed by atoms with E-state index in [0.29, 0.717) is 18.0 Å². The second kappa shape index (κ2) is 8.53. The van der Waals surface area contributed by atoms with Crippen LogP contribution in [0.3, 0.4) is 0 Å². The number of hydrogen-bond donors (Lipinski definition) is 1. The van der Waals surface area contributed by atoms with Gasteiger partial charge >= 0.3 is 0 Å². The van der Waals surface area contributed by atoms with Crippen LogP contribution >= 0.6 is 0 Å². The Labute approximate surface area is 155 Å². The molecule has 1 atom stereocenters. The van der Waals surface area contributed by atoms with Gasteiger partial charge in [-0.3, -0.25) is 4.31 Å². The number of ether oxygens (including phenoxy) is 1. The summed E-state index contributed by atoms with van der Waals surface area (Å²) in [6.07, 6.45) is -0.827. The van der Waals surface area contributed by atoms with E-state index in [0.717, 1.165) is 5.56 Å². The molecule has 2 aromatic rings. The molecule has 0 aromatic heterocycles. The molecule has 2 rings (SSSR count). The number of aliphatic hydroxyl groups is 1. The van der Waals surface area contributed by atoms with Gasteiger partial charge < -0.3 is 14.7 Å². The molecular formula is C19H26N2O4S. The quantitative estimate of drug-likeness (QED) is 0.762. The third-order valence-electron chi connectivity index (χ3n) is 3.92. The minimum absolute atomic E-state index is 0.0410. The molecule has 1 N–H and O–H groups in total. The van der Waals surface area contributed by atoms with Crippen molar-refractivity contribution in [2.75, 3.05) is 38.6 Å². The fourth-order valence-corrected chi connectivity index (χ4v) is 4.10. The van der Waals surface area contributed by atoms with Crippen LogP contribution in [0.2, 0.25) is 0 Å². The largest absolute Gasteiger partial charge is 0.497 e. The number of anilines is 1. The molecule has 6 nitrogen and oxygen atoms in total. The summed E-state index contributed by atoms with van der Waals surface area (Å²) >= 11 is 0. The normalized spacial score (nSPS) is 12.8. The number of rotatable bonds is 8. The van der Waals surface area contributed by atoms with E-state index in [2.05, 4.69) is 0 Å². The smallest absolute Gasteiger partial charge is 0.264 e. The van der Waals surface area contributed by atoms with E-state index >= 15 is 0 Å². The maximum absolute atomic E-state index is 13.2. The van der Waals surface area contributed by atoms with Crippen molar-refractivity contribution < 1.29 is 18.3 Å². The number of likely N-dealkylation sites (N-methyl/N-ethyl adjacent to an activating group) is 1. The van der Waals surface area contributed by atoms with E-state index < -0.39 is 16.1 Å². The van der Waals surface area contributed by atoms with Gasteiger partial charge in [0.25, 0.3) is 10.0 Å². The molecule has 0 unspecified atom stereocenters. The molecule has 0 heterocycles. The fraction of sp³-hybridized carbons (Fsp3) is 0.368. The van der Waals surface area contributed by atoms with Gasteiger partial charge in [0.05, 0.1) is 30.3 Å². The molecule has 26 heavy (non-hydrogen) atoms. The van der Waals surface area contributed by atoms with E-state index in [-0.39, 0.29) is 11.4 Å². The van der Waals surface area contributed by atoms with Crippen molar-refractivity contribution in [1.29, 1.82) is 0 Å². The third kappa shape index (κ3) is 4.97. The van der Waals surface area contributed by atoms with Crippen molar-refractivity contribution in [3.05, 3.63) is 54.1 Å². The Kier molecular flexibility index (Phi) is 6.63. The summed E-state index contributed by atoms with van der Waals surface area (Å²) in [5.41, 5.74) is 1.46. The first-order chi connectivity index (χ1) is 12.2. The molecule has 0 bridgehead atoms. The lowest BCUT2D eigenvalue weighted by molar-refractivity contribution is 0.145. The van der Waals surface area contributed by atoms with Crippen LogP contribution in [0.25, 0.3) is 0 Å². The highest BCUT2D eigenvalue weighted by Crippen LogP contribution is 2.26. The van der Waals surface area contributed by atoms with E-state index in [1.165, 1.54) is 4.31 Å². The highest BCUT2D eigenvalue weighted by Gasteiger charge is 2.27. The van der Waals surface area contributed by atoms with Gasteiger partial charge in [0.2, 0.25) is 0 Å². The Morgan fingerprint density at radius 2 is 1.58 bits per heavy atom. The van der Waals surface area contributed by atoms with Crippen molar-refractivity contribution >= 4 is 15.7 Å². The van der Waals surface area contributed by atoms with Gasteiger partial charge in [-0.25, -0.2) is 8.42 Å². The number of aryl methyl sites for hydroxylation is 1. The molecule has 0 fully saturated rings. The first-order valence-corrected chi connectivity index (χ1v) is 9.74. The van der Waals surface area contributed by atoms with Crippen molar-refractivity contribution in [3.63, 3.8) is 0 Å². The van der Waals surface area contributed by atoms with E-state index in [9.17, 15) is 13.5 Å². The van der Waals surface area contributed by atoms with Gasteiger partial charge in [-0.15, -0.1) is 0 Å². The number of nitrogens with zero attached hydrogens (tertiary/aromatic N) is 2. The summed E-state index contributed by atoms with van der Waals surface area (Å²) in [6, 6.07) is 13.4. The van der Waals surface area contributed by atoms with Crippen LogP contribution in [0.5, 0.6) is 5.75 Å². The van der Waals surface area contributed by atoms with Gasteiger partial charge in [-0.2, -0.15) is 0 Å². The zero-order valence-corrected chi connectivity index (χ0v) is 16.4. The van der Waals surface area contributed by atoms with Crippen LogP contribution in [0.15, 0.2) is 53.4 Å². The van der Waals surface area contributed by atoms with Crippen LogP contribution in [0, 0.1) is 6.92 Å². The van der Waals surface area contributed by atoms with Crippen LogP contribution in [-0.4, -0.2) is 58.8 Å². The summed E-state index contributed by atoms with van der Waals surface area (Å²) in [5, 5.41) is 10.3. The van der Waals surface area contributed by atoms with E-state index in [1.807, 2.05) is 25.9 Å². The van der Waals surface area contributed by atoms with E-state index in [1.54, 1.807) is 55.6 Å². The molecule has 142 valence electrons. The maximum atomic E-state index is 13.2. The molecule has 0 saturated carbocycles. The molecule has 2 aromatic carbocycles. The predicted octanol–water partition coefficient (Wildman–Crippen LogP) is 2.12. The Balaban J connectivity index is 2.42. The summed E-state index contributed by atoms with van der Waals surface area (Å²) < 4.78 is 32.8. The second-order valence-electron chi connectivity index (χ2n) is 6.46. The Morgan fingerprint density at radius 3 is 2.08 bits per heavy atom. The van der Waals surface area contributed by atoms with Gasteiger partial charge in [0.15, 0.2) is 0 Å². The lowest BCUT2D eigenvalue weighted by atomic mass is 10.2. The van der Waals surface area contributed by atoms with Crippen molar-refractivity contribution in [3.8, 4) is 5.75 Å². The molecule has 0 amide bonds. The van der Waals surface area contributed by atoms with Gasteiger partial charge in [0.1, 0.15) is 5.75 Å². The van der Waals surface area contributed by atoms with Gasteiger partial charge in [-0.1, -0.05) is 17.7 Å². The molecule has 0 aliphatic carbocycles. The number of sulfonamides is 1. The average Bonchev–Trinajstić information content (AvgIpc) is 2.59. The predicted molar refractivity (Wildman–Crippen MR) is 103 cm³/mol. The SMILES string of the molecule is COc1ccc(N(C[C@H](O)CN(C)C)S(=O)(=O)c2ccc(C)cc2)cc1. The lowest BCUT2D eigenvalue weighted by Gasteiger charge is -2.28. The molecule has 0 aliphatic rings. The monoisotopic (exact) mass is 378 g/mol. The molecule has 7 heteroatoms. The van der Waals surface area contributed by atoms with Crippen LogP contribution in [-0.2, 0) is 10.0 Å². The van der Waals surface area contributed by atoms with Crippen LogP contribution in [0.4, 0.5) is 5.69 Å². The molecule has 0 saturated heterocycles. The standard InChI is InChI=1S/C19H26N2O4S/c1-15-5-11-19(12-6-15)26(23,24)21(14-17(22)13-20(2)3)16-7-9-18(25-4)10-8-16/h5-12,17,22H,13-14H2,1-4H3/t17-/m1/s1. The summed E-state index contributed by atoms with van der Waals surface area (Å²) in [6.45, 7) is 2.22. The Morgan fingerprint density at radius 1 is 1.00 bits per heavy atom. The minimum atomic E-state index is -3.81. The zero-order valence-electron chi connectivity index (χ0n) is 15.6. The number of methoxy groups -OCH3 is 1. The summed E-state index contributed by atoms with van der Waals surface area (Å²) in [4.78, 5) is 2.01. The van der Waals surface area contributed by atoms with Crippen molar-refractivity contribution in [1.82, 2.24) is 4.90 Å². The van der Waals surface area contributed by atoms with Gasteiger partial charge in [-0.05, 0) is 57.4 Å². The highest BCUT2D eigenvalue weighted by molar-refractivity contribution is 7.92. The summed E-state index contributed by atoms with van der Waals surface area (Å²) in [5.74, 6) is 0.635. The molecule has 0 aliphatic heterocycles. The first kappa shape index (κ1) is 20.2. The van der Waals surface area contributed by atoms with Crippen molar-refractivity contribution in [2.45, 2.75) is 17.9 Å². The molecule has 0 radical (unpaired) electrons. The number of aliphatic hydroxyl groups excluding tert-OH is 1. The van der Waals surface area contributed by atoms with Crippen molar-refractivity contribution in [2.24, 2.45) is 0 Å². The van der Waals surface area contributed by atoms with Crippen LogP contribution < -0.4 is 9.04 Å². The minimum Gasteiger partial charge on any atom is -0.497 e. The zero-order chi connectivity index (χ0) is 19.3. The summed E-state index contributed by atoms with van der Waals surface area (Å²) in [7, 11) is 1.40. The Hall–Kier alpha value is -2.09. The number of benzene rings is 2. The van der Waals surface area contributed by atoms with Gasteiger partial charge in [0, 0.05) is 6.54 Å². The second-order valence-corrected chi connectivity index (χ2v) is 8.33. The maximum Gasteiger partial charge on any atom is 0.264 e. The Bertz CT molecular complexity index is 802. The van der Waals surface area contributed by atoms with E-state index in [4.69, 9.17) is 4.74 Å². The number of hydrogen-bond acceptors (Lipinski definition) is 5. The highest BCUT2D eigenvalue weighted by atomic mass is 32.2. The molecular weight excluding hydrogens is 352 g/mol. The lowest BCUT2D eigenvalue weighted by Crippen LogP contribution is -2.41. The third-order valence-corrected chi connectivity index (χ3v) is 5.73. The topological polar surface area (TPSA) is 70.1 Å². The molecule has 0 spiro atoms.